The fraction of sp³-hybridized carbons (Fsp3) is 0.667. The third-order valence-electron chi connectivity index (χ3n) is 1.73. The molecule has 7 nitrogen and oxygen atoms in total. The Balaban J connectivity index is 3.95. The molecule has 0 aliphatic carbocycles. The lowest BCUT2D eigenvalue weighted by molar-refractivity contribution is -0.147. The van der Waals surface area contributed by atoms with Gasteiger partial charge in [0.1, 0.15) is 12.6 Å². The molecule has 0 unspecified atom stereocenters. The van der Waals surface area contributed by atoms with E-state index in [2.05, 4.69) is 4.74 Å². The Morgan fingerprint density at radius 1 is 1.22 bits per heavy atom. The molecule has 0 aliphatic heterocycles. The van der Waals surface area contributed by atoms with Crippen LogP contribution in [0.25, 0.3) is 0 Å². The quantitative estimate of drug-likeness (QED) is 0.495. The molecule has 18 heavy (non-hydrogen) atoms. The summed E-state index contributed by atoms with van der Waals surface area (Å²) in [6, 6.07) is -1.55. The van der Waals surface area contributed by atoms with Crippen molar-refractivity contribution >= 4 is 17.8 Å². The summed E-state index contributed by atoms with van der Waals surface area (Å²) in [5.74, 6) is -3.64. The summed E-state index contributed by atoms with van der Waals surface area (Å²) in [5, 5.41) is 19.0. The smallest absolute Gasteiger partial charge is 0.326 e. The van der Waals surface area contributed by atoms with Crippen LogP contribution >= 0.6 is 0 Å². The first kappa shape index (κ1) is 16.2. The fourth-order valence-electron chi connectivity index (χ4n) is 0.978. The van der Waals surface area contributed by atoms with Crippen LogP contribution in [0.5, 0.6) is 0 Å². The summed E-state index contributed by atoms with van der Waals surface area (Å²) in [5.41, 5.74) is 0. The van der Waals surface area contributed by atoms with Gasteiger partial charge in [-0.25, -0.2) is 13.6 Å². The van der Waals surface area contributed by atoms with Crippen LogP contribution in [0.3, 0.4) is 0 Å². The van der Waals surface area contributed by atoms with Gasteiger partial charge in [-0.3, -0.25) is 9.59 Å². The largest absolute Gasteiger partial charge is 0.481 e. The highest BCUT2D eigenvalue weighted by Crippen LogP contribution is 1.96. The molecule has 0 saturated heterocycles. The number of rotatable bonds is 9. The molecule has 1 amide bonds. The first-order valence-corrected chi connectivity index (χ1v) is 4.92. The van der Waals surface area contributed by atoms with Crippen molar-refractivity contribution in [3.63, 3.8) is 0 Å². The van der Waals surface area contributed by atoms with Gasteiger partial charge in [-0.05, 0) is 0 Å². The molecule has 0 aromatic carbocycles. The molecule has 3 N–H and O–H groups in total. The van der Waals surface area contributed by atoms with E-state index in [9.17, 15) is 23.2 Å². The molecule has 0 fully saturated rings. The molecular formula is C9H13F2NO6. The number of aliphatic carboxylic acids is 2. The van der Waals surface area contributed by atoms with Crippen molar-refractivity contribution in [1.82, 2.24) is 5.32 Å². The maximum Gasteiger partial charge on any atom is 0.326 e. The molecule has 104 valence electrons. The van der Waals surface area contributed by atoms with Crippen molar-refractivity contribution in [1.29, 1.82) is 0 Å². The van der Waals surface area contributed by atoms with Gasteiger partial charge in [0, 0.05) is 6.42 Å². The Labute approximate surface area is 101 Å². The Morgan fingerprint density at radius 3 is 2.28 bits per heavy atom. The Bertz CT molecular complexity index is 309. The number of carbonyl (C=O) groups excluding carboxylic acids is 1. The average Bonchev–Trinajstić information content (AvgIpc) is 2.22. The lowest BCUT2D eigenvalue weighted by Gasteiger charge is -2.12. The van der Waals surface area contributed by atoms with Crippen LogP contribution < -0.4 is 5.32 Å². The molecule has 0 rings (SSSR count). The van der Waals surface area contributed by atoms with Gasteiger partial charge < -0.3 is 20.3 Å². The van der Waals surface area contributed by atoms with Gasteiger partial charge in [-0.15, -0.1) is 0 Å². The van der Waals surface area contributed by atoms with E-state index in [4.69, 9.17) is 10.2 Å². The third-order valence-corrected chi connectivity index (χ3v) is 1.73. The standard InChI is InChI=1S/C9H13F2NO6/c10-6(11)4-18-2-1-7(13)12-5(9(16)17)3-8(14)15/h5-6H,1-4H2,(H,12,13)(H,14,15)(H,16,17)/t5-/m0/s1. The number of amides is 1. The molecule has 0 saturated carbocycles. The summed E-state index contributed by atoms with van der Waals surface area (Å²) < 4.78 is 27.7. The topological polar surface area (TPSA) is 113 Å². The summed E-state index contributed by atoms with van der Waals surface area (Å²) in [6.07, 6.45) is -3.73. The van der Waals surface area contributed by atoms with Crippen LogP contribution in [0.2, 0.25) is 0 Å². The van der Waals surface area contributed by atoms with Gasteiger partial charge in [0.15, 0.2) is 0 Å². The number of hydrogen-bond donors (Lipinski definition) is 3. The van der Waals surface area contributed by atoms with Gasteiger partial charge in [-0.1, -0.05) is 0 Å². The van der Waals surface area contributed by atoms with Crippen LogP contribution in [0, 0.1) is 0 Å². The van der Waals surface area contributed by atoms with Crippen molar-refractivity contribution in [2.45, 2.75) is 25.3 Å². The van der Waals surface area contributed by atoms with Crippen molar-refractivity contribution < 1.29 is 38.1 Å². The second kappa shape index (κ2) is 8.34. The van der Waals surface area contributed by atoms with Crippen molar-refractivity contribution in [2.75, 3.05) is 13.2 Å². The van der Waals surface area contributed by atoms with E-state index in [1.807, 2.05) is 5.32 Å². The highest BCUT2D eigenvalue weighted by molar-refractivity contribution is 5.86. The highest BCUT2D eigenvalue weighted by Gasteiger charge is 2.22. The van der Waals surface area contributed by atoms with E-state index in [1.165, 1.54) is 0 Å². The van der Waals surface area contributed by atoms with Crippen molar-refractivity contribution in [3.8, 4) is 0 Å². The van der Waals surface area contributed by atoms with Crippen molar-refractivity contribution in [3.05, 3.63) is 0 Å². The molecule has 0 spiro atoms. The summed E-state index contributed by atoms with van der Waals surface area (Å²) in [6.45, 7) is -1.11. The van der Waals surface area contributed by atoms with E-state index in [1.54, 1.807) is 0 Å². The molecular weight excluding hydrogens is 256 g/mol. The Hall–Kier alpha value is -1.77. The van der Waals surface area contributed by atoms with Crippen LogP contribution in [0.4, 0.5) is 8.78 Å². The number of alkyl halides is 2. The average molecular weight is 269 g/mol. The summed E-state index contributed by atoms with van der Waals surface area (Å²) in [7, 11) is 0. The third kappa shape index (κ3) is 8.39. The first-order valence-electron chi connectivity index (χ1n) is 4.92. The molecule has 0 aliphatic rings. The number of hydrogen-bond acceptors (Lipinski definition) is 4. The fourth-order valence-corrected chi connectivity index (χ4v) is 0.978. The maximum atomic E-state index is 11.7. The Kier molecular flexibility index (Phi) is 7.52. The van der Waals surface area contributed by atoms with Crippen LogP contribution in [-0.4, -0.2) is 53.7 Å². The molecule has 1 atom stereocenters. The zero-order valence-corrected chi connectivity index (χ0v) is 9.27. The predicted molar refractivity (Wildman–Crippen MR) is 53.3 cm³/mol. The van der Waals surface area contributed by atoms with E-state index >= 15 is 0 Å². The number of halogens is 2. The molecule has 0 radical (unpaired) electrons. The molecule has 0 heterocycles. The number of ether oxygens (including phenoxy) is 1. The lowest BCUT2D eigenvalue weighted by atomic mass is 10.2. The summed E-state index contributed by atoms with van der Waals surface area (Å²) in [4.78, 5) is 32.0. The minimum atomic E-state index is -2.65. The van der Waals surface area contributed by atoms with Gasteiger partial charge >= 0.3 is 11.9 Å². The molecule has 0 aromatic rings. The monoisotopic (exact) mass is 269 g/mol. The normalized spacial score (nSPS) is 12.2. The maximum absolute atomic E-state index is 11.7. The Morgan fingerprint density at radius 2 is 1.83 bits per heavy atom. The first-order chi connectivity index (χ1) is 8.32. The van der Waals surface area contributed by atoms with Gasteiger partial charge in [-0.2, -0.15) is 0 Å². The van der Waals surface area contributed by atoms with Gasteiger partial charge in [0.25, 0.3) is 6.43 Å². The predicted octanol–water partition coefficient (Wildman–Crippen LogP) is -0.298. The van der Waals surface area contributed by atoms with Crippen LogP contribution in [-0.2, 0) is 19.1 Å². The minimum absolute atomic E-state index is 0.296. The lowest BCUT2D eigenvalue weighted by Crippen LogP contribution is -2.42. The van der Waals surface area contributed by atoms with E-state index in [0.717, 1.165) is 0 Å². The van der Waals surface area contributed by atoms with E-state index in [0.29, 0.717) is 0 Å². The number of carboxylic acid groups (broad SMARTS) is 2. The highest BCUT2D eigenvalue weighted by atomic mass is 19.3. The summed E-state index contributed by atoms with van der Waals surface area (Å²) >= 11 is 0. The molecule has 9 heteroatoms. The zero-order valence-electron chi connectivity index (χ0n) is 9.27. The van der Waals surface area contributed by atoms with Gasteiger partial charge in [0.2, 0.25) is 5.91 Å². The van der Waals surface area contributed by atoms with Crippen molar-refractivity contribution in [2.24, 2.45) is 0 Å². The number of carbonyl (C=O) groups is 3. The second-order valence-electron chi connectivity index (χ2n) is 3.27. The molecule has 0 aromatic heterocycles. The second-order valence-corrected chi connectivity index (χ2v) is 3.27. The minimum Gasteiger partial charge on any atom is -0.481 e. The number of carboxylic acids is 2. The number of nitrogens with one attached hydrogen (secondary N) is 1. The van der Waals surface area contributed by atoms with Crippen LogP contribution in [0.15, 0.2) is 0 Å². The van der Waals surface area contributed by atoms with E-state index < -0.39 is 43.3 Å². The SMILES string of the molecule is O=C(O)C[C@H](NC(=O)CCOCC(F)F)C(=O)O. The van der Waals surface area contributed by atoms with E-state index in [-0.39, 0.29) is 13.0 Å². The van der Waals surface area contributed by atoms with Gasteiger partial charge in [0.05, 0.1) is 13.0 Å². The van der Waals surface area contributed by atoms with Crippen LogP contribution in [0.1, 0.15) is 12.8 Å². The molecule has 0 bridgehead atoms. The zero-order chi connectivity index (χ0) is 14.1.